The Morgan fingerprint density at radius 2 is 1.67 bits per heavy atom. The molecule has 0 aromatic heterocycles. The predicted octanol–water partition coefficient (Wildman–Crippen LogP) is 6.21. The molecule has 214 valence electrons. The number of allylic oxidation sites excluding steroid dienone is 1. The normalized spacial score (nSPS) is 24.6. The van der Waals surface area contributed by atoms with E-state index in [-0.39, 0.29) is 11.7 Å². The Labute approximate surface area is 246 Å². The molecule has 0 radical (unpaired) electrons. The summed E-state index contributed by atoms with van der Waals surface area (Å²) >= 11 is 6.00. The Morgan fingerprint density at radius 3 is 2.33 bits per heavy atom. The van der Waals surface area contributed by atoms with Gasteiger partial charge in [0, 0.05) is 10.9 Å². The topological polar surface area (TPSA) is 82.1 Å². The largest absolute Gasteiger partial charge is 0.325 e. The molecule has 1 saturated carbocycles. The maximum atomic E-state index is 13.9. The fourth-order valence-electron chi connectivity index (χ4n) is 5.99. The van der Waals surface area contributed by atoms with E-state index in [9.17, 15) is 23.2 Å². The average molecular weight is 589 g/mol. The van der Waals surface area contributed by atoms with Crippen molar-refractivity contribution >= 4 is 41.2 Å². The number of amides is 4. The minimum Gasteiger partial charge on any atom is -0.319 e. The first kappa shape index (κ1) is 27.8. The van der Waals surface area contributed by atoms with Crippen LogP contribution in [0.15, 0.2) is 83.5 Å². The summed E-state index contributed by atoms with van der Waals surface area (Å²) < 4.78 is 27.3. The fourth-order valence-corrected chi connectivity index (χ4v) is 6.11. The number of imide groups is 1. The second-order valence-corrected chi connectivity index (χ2v) is 11.3. The standard InChI is InChI=1S/C32H27ClF2N4O3/c1-32(22-9-11-23(33)12-10-22)30(41)38(31(42)36-32)18-27(40)39-29(20-7-15-25(35)16-8-20)26-4-2-3-21(28(26)37-39)17-19-5-13-24(34)14-6-19/h5-17,26,29H,2-4,18H2,1H3,(H,36,42)/b21-17+/t26-,29+,32-/m1/s1. The van der Waals surface area contributed by atoms with Crippen LogP contribution in [0.2, 0.25) is 5.02 Å². The number of fused-ring (bicyclic) bond motifs is 1. The lowest BCUT2D eigenvalue weighted by atomic mass is 9.77. The molecule has 3 aromatic rings. The molecule has 1 aliphatic carbocycles. The molecule has 0 bridgehead atoms. The van der Waals surface area contributed by atoms with Gasteiger partial charge in [0.25, 0.3) is 11.8 Å². The fraction of sp³-hybridized carbons (Fsp3) is 0.250. The summed E-state index contributed by atoms with van der Waals surface area (Å²) in [6.07, 6.45) is 4.23. The molecular weight excluding hydrogens is 562 g/mol. The smallest absolute Gasteiger partial charge is 0.319 e. The number of halogens is 3. The van der Waals surface area contributed by atoms with Crippen molar-refractivity contribution in [2.45, 2.75) is 37.8 Å². The SMILES string of the molecule is C[C@]1(c2ccc(Cl)cc2)NC(=O)N(CC(=O)N2N=C3/C(=C/c4ccc(F)cc4)CCC[C@H]3[C@@H]2c2ccc(F)cc2)C1=O. The summed E-state index contributed by atoms with van der Waals surface area (Å²) in [5.74, 6) is -2.03. The van der Waals surface area contributed by atoms with Gasteiger partial charge < -0.3 is 5.32 Å². The van der Waals surface area contributed by atoms with Gasteiger partial charge in [0.15, 0.2) is 0 Å². The number of hydrogen-bond donors (Lipinski definition) is 1. The van der Waals surface area contributed by atoms with E-state index in [2.05, 4.69) is 5.32 Å². The summed E-state index contributed by atoms with van der Waals surface area (Å²) in [6, 6.07) is 17.4. The van der Waals surface area contributed by atoms with Crippen molar-refractivity contribution in [3.05, 3.63) is 112 Å². The predicted molar refractivity (Wildman–Crippen MR) is 154 cm³/mol. The molecular formula is C32H27ClF2N4O3. The third-order valence-corrected chi connectivity index (χ3v) is 8.42. The molecule has 3 aromatic carbocycles. The summed E-state index contributed by atoms with van der Waals surface area (Å²) in [7, 11) is 0. The molecule has 3 atom stereocenters. The van der Waals surface area contributed by atoms with Crippen LogP contribution < -0.4 is 5.32 Å². The highest BCUT2D eigenvalue weighted by Gasteiger charge is 2.51. The van der Waals surface area contributed by atoms with Crippen molar-refractivity contribution in [1.82, 2.24) is 15.2 Å². The van der Waals surface area contributed by atoms with Crippen LogP contribution >= 0.6 is 11.6 Å². The average Bonchev–Trinajstić information content (AvgIpc) is 3.47. The van der Waals surface area contributed by atoms with Crippen LogP contribution in [0.4, 0.5) is 13.6 Å². The minimum atomic E-state index is -1.37. The second kappa shape index (κ2) is 10.8. The Kier molecular flexibility index (Phi) is 7.14. The van der Waals surface area contributed by atoms with Crippen molar-refractivity contribution in [2.75, 3.05) is 6.54 Å². The van der Waals surface area contributed by atoms with Gasteiger partial charge in [0.2, 0.25) is 0 Å². The van der Waals surface area contributed by atoms with E-state index in [1.165, 1.54) is 29.3 Å². The summed E-state index contributed by atoms with van der Waals surface area (Å²) in [6.45, 7) is 1.06. The molecule has 4 amide bonds. The van der Waals surface area contributed by atoms with E-state index in [1.54, 1.807) is 55.5 Å². The zero-order valence-corrected chi connectivity index (χ0v) is 23.4. The molecule has 3 aliphatic rings. The van der Waals surface area contributed by atoms with E-state index in [0.717, 1.165) is 41.0 Å². The number of rotatable bonds is 5. The van der Waals surface area contributed by atoms with Gasteiger partial charge in [-0.1, -0.05) is 48.0 Å². The Hall–Kier alpha value is -4.37. The number of carbonyl (C=O) groups excluding carboxylic acids is 3. The quantitative estimate of drug-likeness (QED) is 0.360. The first-order chi connectivity index (χ1) is 20.1. The van der Waals surface area contributed by atoms with Crippen molar-refractivity contribution in [3.8, 4) is 0 Å². The zero-order chi connectivity index (χ0) is 29.6. The number of nitrogens with zero attached hydrogens (tertiary/aromatic N) is 3. The molecule has 1 saturated heterocycles. The van der Waals surface area contributed by atoms with Gasteiger partial charge in [0.1, 0.15) is 23.7 Å². The van der Waals surface area contributed by atoms with Gasteiger partial charge in [-0.2, -0.15) is 5.10 Å². The van der Waals surface area contributed by atoms with Crippen molar-refractivity contribution in [2.24, 2.45) is 11.0 Å². The maximum absolute atomic E-state index is 13.9. The number of carbonyl (C=O) groups is 3. The van der Waals surface area contributed by atoms with E-state index in [0.29, 0.717) is 16.1 Å². The number of hydrazone groups is 1. The van der Waals surface area contributed by atoms with Gasteiger partial charge >= 0.3 is 6.03 Å². The molecule has 1 N–H and O–H groups in total. The van der Waals surface area contributed by atoms with Gasteiger partial charge in [-0.15, -0.1) is 0 Å². The highest BCUT2D eigenvalue weighted by molar-refractivity contribution is 6.30. The van der Waals surface area contributed by atoms with Crippen LogP contribution in [0.1, 0.15) is 48.9 Å². The Morgan fingerprint density at radius 1 is 1.02 bits per heavy atom. The van der Waals surface area contributed by atoms with E-state index < -0.39 is 41.8 Å². The Balaban J connectivity index is 1.32. The lowest BCUT2D eigenvalue weighted by Crippen LogP contribution is -2.44. The van der Waals surface area contributed by atoms with Crippen molar-refractivity contribution in [1.29, 1.82) is 0 Å². The van der Waals surface area contributed by atoms with Gasteiger partial charge in [-0.3, -0.25) is 14.5 Å². The first-order valence-corrected chi connectivity index (χ1v) is 14.0. The third-order valence-electron chi connectivity index (χ3n) is 8.17. The number of benzene rings is 3. The first-order valence-electron chi connectivity index (χ1n) is 13.7. The lowest BCUT2D eigenvalue weighted by Gasteiger charge is -2.30. The van der Waals surface area contributed by atoms with Gasteiger partial charge in [-0.05, 0) is 90.9 Å². The molecule has 0 unspecified atom stereocenters. The van der Waals surface area contributed by atoms with E-state index >= 15 is 0 Å². The number of hydrogen-bond acceptors (Lipinski definition) is 4. The minimum absolute atomic E-state index is 0.178. The molecule has 2 fully saturated rings. The van der Waals surface area contributed by atoms with E-state index in [4.69, 9.17) is 16.7 Å². The van der Waals surface area contributed by atoms with Gasteiger partial charge in [0.05, 0.1) is 11.8 Å². The monoisotopic (exact) mass is 588 g/mol. The third kappa shape index (κ3) is 4.98. The zero-order valence-electron chi connectivity index (χ0n) is 22.7. The van der Waals surface area contributed by atoms with Crippen LogP contribution in [-0.4, -0.2) is 40.0 Å². The van der Waals surface area contributed by atoms with Crippen LogP contribution in [-0.2, 0) is 15.1 Å². The summed E-state index contributed by atoms with van der Waals surface area (Å²) in [5.41, 5.74) is 2.31. The molecule has 7 nitrogen and oxygen atoms in total. The highest BCUT2D eigenvalue weighted by Crippen LogP contribution is 2.44. The van der Waals surface area contributed by atoms with Crippen molar-refractivity contribution < 1.29 is 23.2 Å². The number of nitrogens with one attached hydrogen (secondary N) is 1. The number of urea groups is 1. The van der Waals surface area contributed by atoms with E-state index in [1.807, 2.05) is 6.08 Å². The summed E-state index contributed by atoms with van der Waals surface area (Å²) in [4.78, 5) is 41.3. The highest BCUT2D eigenvalue weighted by atomic mass is 35.5. The Bertz CT molecular complexity index is 1620. The molecule has 2 aliphatic heterocycles. The molecule has 10 heteroatoms. The molecule has 42 heavy (non-hydrogen) atoms. The van der Waals surface area contributed by atoms with Crippen LogP contribution in [0, 0.1) is 17.6 Å². The molecule has 0 spiro atoms. The molecule has 6 rings (SSSR count). The van der Waals surface area contributed by atoms with Gasteiger partial charge in [-0.25, -0.2) is 18.6 Å². The second-order valence-electron chi connectivity index (χ2n) is 10.9. The van der Waals surface area contributed by atoms with Crippen molar-refractivity contribution in [3.63, 3.8) is 0 Å². The van der Waals surface area contributed by atoms with Crippen LogP contribution in [0.5, 0.6) is 0 Å². The van der Waals surface area contributed by atoms with Crippen LogP contribution in [0.25, 0.3) is 6.08 Å². The summed E-state index contributed by atoms with van der Waals surface area (Å²) in [5, 5.41) is 9.29. The maximum Gasteiger partial charge on any atom is 0.325 e. The lowest BCUT2D eigenvalue weighted by molar-refractivity contribution is -0.140. The van der Waals surface area contributed by atoms with Crippen LogP contribution in [0.3, 0.4) is 0 Å². The molecule has 2 heterocycles.